The van der Waals surface area contributed by atoms with Crippen LogP contribution in [0.2, 0.25) is 5.02 Å². The standard InChI is InChI=1S/C14H12ClN3O/c1-2-19-14-8-7-13-16-12(9-18(13)17-14)10-3-5-11(15)6-4-10/h3-9H,2H2,1H3. The van der Waals surface area contributed by atoms with E-state index in [1.807, 2.05) is 49.5 Å². The third kappa shape index (κ3) is 2.39. The van der Waals surface area contributed by atoms with Gasteiger partial charge in [-0.3, -0.25) is 0 Å². The first-order valence-corrected chi connectivity index (χ1v) is 6.39. The molecule has 2 heterocycles. The van der Waals surface area contributed by atoms with Crippen molar-refractivity contribution in [2.45, 2.75) is 6.92 Å². The minimum atomic E-state index is 0.593. The van der Waals surface area contributed by atoms with Crippen molar-refractivity contribution in [3.05, 3.63) is 47.6 Å². The molecule has 3 aromatic rings. The Morgan fingerprint density at radius 2 is 1.95 bits per heavy atom. The summed E-state index contributed by atoms with van der Waals surface area (Å²) in [6, 6.07) is 11.3. The second-order valence-corrected chi connectivity index (χ2v) is 4.48. The van der Waals surface area contributed by atoms with Crippen molar-refractivity contribution in [3.63, 3.8) is 0 Å². The van der Waals surface area contributed by atoms with Gasteiger partial charge in [0.15, 0.2) is 5.65 Å². The van der Waals surface area contributed by atoms with Gasteiger partial charge in [-0.25, -0.2) is 9.50 Å². The molecule has 0 spiro atoms. The number of rotatable bonds is 3. The molecule has 0 aliphatic heterocycles. The minimum absolute atomic E-state index is 0.593. The molecule has 2 aromatic heterocycles. The van der Waals surface area contributed by atoms with Crippen molar-refractivity contribution < 1.29 is 4.74 Å². The van der Waals surface area contributed by atoms with Crippen LogP contribution in [-0.2, 0) is 0 Å². The summed E-state index contributed by atoms with van der Waals surface area (Å²) in [6.45, 7) is 2.52. The fourth-order valence-electron chi connectivity index (χ4n) is 1.85. The van der Waals surface area contributed by atoms with Gasteiger partial charge in [-0.15, -0.1) is 5.10 Å². The Morgan fingerprint density at radius 1 is 1.16 bits per heavy atom. The smallest absolute Gasteiger partial charge is 0.231 e. The molecule has 19 heavy (non-hydrogen) atoms. The molecule has 4 nitrogen and oxygen atoms in total. The maximum Gasteiger partial charge on any atom is 0.231 e. The molecule has 5 heteroatoms. The molecule has 0 unspecified atom stereocenters. The van der Waals surface area contributed by atoms with E-state index in [0.29, 0.717) is 17.5 Å². The lowest BCUT2D eigenvalue weighted by molar-refractivity contribution is 0.321. The molecule has 3 rings (SSSR count). The van der Waals surface area contributed by atoms with E-state index in [1.54, 1.807) is 4.52 Å². The van der Waals surface area contributed by atoms with E-state index >= 15 is 0 Å². The first-order valence-electron chi connectivity index (χ1n) is 6.01. The second kappa shape index (κ2) is 4.90. The Balaban J connectivity index is 2.03. The largest absolute Gasteiger partial charge is 0.477 e. The predicted molar refractivity (Wildman–Crippen MR) is 74.6 cm³/mol. The van der Waals surface area contributed by atoms with Gasteiger partial charge < -0.3 is 4.74 Å². The first-order chi connectivity index (χ1) is 9.26. The molecule has 0 amide bonds. The lowest BCUT2D eigenvalue weighted by Gasteiger charge is -2.00. The average Bonchev–Trinajstić information content (AvgIpc) is 2.83. The average molecular weight is 274 g/mol. The first kappa shape index (κ1) is 12.0. The van der Waals surface area contributed by atoms with Crippen LogP contribution in [0.25, 0.3) is 16.9 Å². The van der Waals surface area contributed by atoms with Crippen LogP contribution >= 0.6 is 11.6 Å². The molecule has 0 N–H and O–H groups in total. The van der Waals surface area contributed by atoms with Crippen LogP contribution in [0.5, 0.6) is 5.88 Å². The van der Waals surface area contributed by atoms with Gasteiger partial charge in [-0.05, 0) is 25.1 Å². The summed E-state index contributed by atoms with van der Waals surface area (Å²) in [4.78, 5) is 4.52. The van der Waals surface area contributed by atoms with E-state index in [4.69, 9.17) is 16.3 Å². The number of halogens is 1. The van der Waals surface area contributed by atoms with Crippen LogP contribution in [0.3, 0.4) is 0 Å². The van der Waals surface area contributed by atoms with Gasteiger partial charge in [0.05, 0.1) is 18.5 Å². The number of aromatic nitrogens is 3. The lowest BCUT2D eigenvalue weighted by Crippen LogP contribution is -1.98. The van der Waals surface area contributed by atoms with Gasteiger partial charge in [0.1, 0.15) is 0 Å². The fourth-order valence-corrected chi connectivity index (χ4v) is 1.98. The Kier molecular flexibility index (Phi) is 3.09. The van der Waals surface area contributed by atoms with E-state index in [0.717, 1.165) is 16.9 Å². The zero-order valence-corrected chi connectivity index (χ0v) is 11.1. The molecule has 0 saturated heterocycles. The maximum absolute atomic E-state index is 5.88. The highest BCUT2D eigenvalue weighted by molar-refractivity contribution is 6.30. The van der Waals surface area contributed by atoms with Crippen LogP contribution in [0.1, 0.15) is 6.92 Å². The third-order valence-electron chi connectivity index (χ3n) is 2.73. The topological polar surface area (TPSA) is 39.4 Å². The number of nitrogens with zero attached hydrogens (tertiary/aromatic N) is 3. The van der Waals surface area contributed by atoms with E-state index in [2.05, 4.69) is 10.1 Å². The van der Waals surface area contributed by atoms with Crippen LogP contribution in [0, 0.1) is 0 Å². The monoisotopic (exact) mass is 273 g/mol. The fraction of sp³-hybridized carbons (Fsp3) is 0.143. The van der Waals surface area contributed by atoms with E-state index in [1.165, 1.54) is 0 Å². The van der Waals surface area contributed by atoms with Gasteiger partial charge >= 0.3 is 0 Å². The Hall–Kier alpha value is -2.07. The Bertz CT molecular complexity index is 706. The van der Waals surface area contributed by atoms with Crippen molar-refractivity contribution in [2.75, 3.05) is 6.61 Å². The summed E-state index contributed by atoms with van der Waals surface area (Å²) >= 11 is 5.88. The summed E-state index contributed by atoms with van der Waals surface area (Å²) in [5.41, 5.74) is 2.65. The number of hydrogen-bond donors (Lipinski definition) is 0. The highest BCUT2D eigenvalue weighted by atomic mass is 35.5. The zero-order valence-electron chi connectivity index (χ0n) is 10.4. The molecule has 0 aliphatic rings. The van der Waals surface area contributed by atoms with Crippen LogP contribution in [0.15, 0.2) is 42.6 Å². The molecular weight excluding hydrogens is 262 g/mol. The normalized spacial score (nSPS) is 10.8. The summed E-state index contributed by atoms with van der Waals surface area (Å²) in [6.07, 6.45) is 1.88. The van der Waals surface area contributed by atoms with Crippen LogP contribution < -0.4 is 4.74 Å². The zero-order chi connectivity index (χ0) is 13.2. The summed E-state index contributed by atoms with van der Waals surface area (Å²) in [5, 5.41) is 5.05. The van der Waals surface area contributed by atoms with Gasteiger partial charge in [0, 0.05) is 16.7 Å². The molecule has 96 valence electrons. The van der Waals surface area contributed by atoms with Crippen molar-refractivity contribution in [1.82, 2.24) is 14.6 Å². The number of fused-ring (bicyclic) bond motifs is 1. The SMILES string of the molecule is CCOc1ccc2nc(-c3ccc(Cl)cc3)cn2n1. The third-order valence-corrected chi connectivity index (χ3v) is 2.98. The summed E-state index contributed by atoms with van der Waals surface area (Å²) < 4.78 is 7.08. The molecule has 1 aromatic carbocycles. The van der Waals surface area contributed by atoms with Crippen molar-refractivity contribution in [1.29, 1.82) is 0 Å². The lowest BCUT2D eigenvalue weighted by atomic mass is 10.2. The van der Waals surface area contributed by atoms with Crippen molar-refractivity contribution >= 4 is 17.2 Å². The Labute approximate surface area is 115 Å². The van der Waals surface area contributed by atoms with Crippen molar-refractivity contribution in [3.8, 4) is 17.1 Å². The van der Waals surface area contributed by atoms with Gasteiger partial charge in [0.2, 0.25) is 5.88 Å². The molecular formula is C14H12ClN3O. The molecule has 0 fully saturated rings. The van der Waals surface area contributed by atoms with Crippen LogP contribution in [0.4, 0.5) is 0 Å². The molecule has 0 radical (unpaired) electrons. The number of ether oxygens (including phenoxy) is 1. The summed E-state index contributed by atoms with van der Waals surface area (Å²) in [7, 11) is 0. The summed E-state index contributed by atoms with van der Waals surface area (Å²) in [5.74, 6) is 0.593. The van der Waals surface area contributed by atoms with Gasteiger partial charge in [0.25, 0.3) is 0 Å². The van der Waals surface area contributed by atoms with Crippen LogP contribution in [-0.4, -0.2) is 21.2 Å². The molecule has 0 bridgehead atoms. The van der Waals surface area contributed by atoms with Crippen molar-refractivity contribution in [2.24, 2.45) is 0 Å². The Morgan fingerprint density at radius 3 is 2.68 bits per heavy atom. The number of hydrogen-bond acceptors (Lipinski definition) is 3. The number of imidazole rings is 1. The number of benzene rings is 1. The predicted octanol–water partition coefficient (Wildman–Crippen LogP) is 3.45. The van der Waals surface area contributed by atoms with Gasteiger partial charge in [-0.2, -0.15) is 0 Å². The van der Waals surface area contributed by atoms with E-state index < -0.39 is 0 Å². The highest BCUT2D eigenvalue weighted by Gasteiger charge is 2.06. The second-order valence-electron chi connectivity index (χ2n) is 4.04. The quantitative estimate of drug-likeness (QED) is 0.734. The molecule has 0 aliphatic carbocycles. The maximum atomic E-state index is 5.88. The van der Waals surface area contributed by atoms with Gasteiger partial charge in [-0.1, -0.05) is 23.7 Å². The molecule has 0 saturated carbocycles. The highest BCUT2D eigenvalue weighted by Crippen LogP contribution is 2.21. The minimum Gasteiger partial charge on any atom is -0.477 e. The molecule has 0 atom stereocenters. The van der Waals surface area contributed by atoms with E-state index in [-0.39, 0.29) is 0 Å². The van der Waals surface area contributed by atoms with E-state index in [9.17, 15) is 0 Å².